The molecule has 0 saturated heterocycles. The zero-order valence-electron chi connectivity index (χ0n) is 15.6. The maximum Gasteiger partial charge on any atom is 0.257 e. The number of para-hydroxylation sites is 1. The van der Waals surface area contributed by atoms with Gasteiger partial charge in [0.1, 0.15) is 11.6 Å². The minimum Gasteiger partial charge on any atom is -0.398 e. The van der Waals surface area contributed by atoms with Crippen molar-refractivity contribution in [2.75, 3.05) is 11.1 Å². The van der Waals surface area contributed by atoms with Crippen molar-refractivity contribution in [3.05, 3.63) is 59.7 Å². The van der Waals surface area contributed by atoms with Crippen LogP contribution in [0.4, 0.5) is 15.8 Å². The minimum atomic E-state index is -0.516. The summed E-state index contributed by atoms with van der Waals surface area (Å²) in [5.41, 5.74) is 7.29. The molecule has 154 valence electrons. The van der Waals surface area contributed by atoms with Crippen LogP contribution in [-0.2, 0) is 13.0 Å². The molecule has 0 bridgehead atoms. The second-order valence-electron chi connectivity index (χ2n) is 6.64. The summed E-state index contributed by atoms with van der Waals surface area (Å²) in [6.45, 7) is 0.845. The Morgan fingerprint density at radius 2 is 1.86 bits per heavy atom. The first-order valence-corrected chi connectivity index (χ1v) is 9.01. The number of nitrogens with one attached hydrogen (secondary N) is 1. The fraction of sp³-hybridized carbons (Fsp3) is 0.250. The number of aromatic nitrogens is 3. The number of hydrogen-bond donors (Lipinski definition) is 2. The van der Waals surface area contributed by atoms with Crippen LogP contribution in [-0.4, -0.2) is 20.7 Å². The van der Waals surface area contributed by atoms with Gasteiger partial charge in [0, 0.05) is 24.2 Å². The van der Waals surface area contributed by atoms with Crippen molar-refractivity contribution in [3.8, 4) is 11.4 Å². The number of aryl methyl sites for hydroxylation is 1. The molecule has 0 spiro atoms. The van der Waals surface area contributed by atoms with E-state index >= 15 is 0 Å². The molecule has 1 aliphatic heterocycles. The van der Waals surface area contributed by atoms with Crippen molar-refractivity contribution in [1.29, 1.82) is 0 Å². The molecule has 0 unspecified atom stereocenters. The van der Waals surface area contributed by atoms with Crippen LogP contribution in [0.25, 0.3) is 11.4 Å². The van der Waals surface area contributed by atoms with Gasteiger partial charge in [-0.15, -0.1) is 35.0 Å². The topological polar surface area (TPSA) is 85.8 Å². The Kier molecular flexibility index (Phi) is 7.59. The number of nitrogen functional groups attached to an aromatic ring is 1. The lowest BCUT2D eigenvalue weighted by atomic mass is 10.1. The molecule has 3 N–H and O–H groups in total. The number of hydrogen-bond acceptors (Lipinski definition) is 4. The lowest BCUT2D eigenvalue weighted by molar-refractivity contribution is 0.102. The second-order valence-corrected chi connectivity index (χ2v) is 6.64. The lowest BCUT2D eigenvalue weighted by Gasteiger charge is -2.11. The first kappa shape index (κ1) is 22.6. The van der Waals surface area contributed by atoms with Crippen molar-refractivity contribution in [3.63, 3.8) is 0 Å². The van der Waals surface area contributed by atoms with Gasteiger partial charge in [-0.25, -0.2) is 4.39 Å². The van der Waals surface area contributed by atoms with Gasteiger partial charge in [0.15, 0.2) is 5.82 Å². The SMILES string of the molecule is Cl.Cl.Nc1ccccc1C(=O)Nc1cc(-c2nnc3n2CCCCC3)ccc1F. The summed E-state index contributed by atoms with van der Waals surface area (Å²) >= 11 is 0. The largest absolute Gasteiger partial charge is 0.398 e. The van der Waals surface area contributed by atoms with Crippen molar-refractivity contribution in [2.24, 2.45) is 0 Å². The van der Waals surface area contributed by atoms with Crippen LogP contribution in [0.2, 0.25) is 0 Å². The third kappa shape index (κ3) is 4.68. The number of rotatable bonds is 3. The molecule has 1 aliphatic rings. The van der Waals surface area contributed by atoms with Gasteiger partial charge in [0.25, 0.3) is 5.91 Å². The molecule has 0 atom stereocenters. The molecular weight excluding hydrogens is 416 g/mol. The van der Waals surface area contributed by atoms with E-state index in [1.807, 2.05) is 0 Å². The van der Waals surface area contributed by atoms with Gasteiger partial charge in [-0.1, -0.05) is 18.6 Å². The van der Waals surface area contributed by atoms with Gasteiger partial charge in [-0.3, -0.25) is 4.79 Å². The molecule has 0 saturated carbocycles. The van der Waals surface area contributed by atoms with Crippen LogP contribution in [0.15, 0.2) is 42.5 Å². The van der Waals surface area contributed by atoms with Crippen LogP contribution in [0.5, 0.6) is 0 Å². The molecule has 2 heterocycles. The van der Waals surface area contributed by atoms with Crippen LogP contribution in [0.1, 0.15) is 35.4 Å². The molecule has 1 amide bonds. The van der Waals surface area contributed by atoms with Gasteiger partial charge in [0.05, 0.1) is 11.3 Å². The molecule has 29 heavy (non-hydrogen) atoms. The van der Waals surface area contributed by atoms with Gasteiger partial charge in [-0.2, -0.15) is 0 Å². The zero-order chi connectivity index (χ0) is 18.8. The number of fused-ring (bicyclic) bond motifs is 1. The summed E-state index contributed by atoms with van der Waals surface area (Å²) in [6, 6.07) is 11.3. The smallest absolute Gasteiger partial charge is 0.257 e. The standard InChI is InChI=1S/C20H20FN5O.2ClH/c21-15-10-9-13(19-25-24-18-8-2-1-5-11-26(18)19)12-17(15)23-20(27)14-6-3-4-7-16(14)22;;/h3-4,6-7,9-10,12H,1-2,5,8,11,22H2,(H,23,27);2*1H. The third-order valence-corrected chi connectivity index (χ3v) is 4.79. The first-order valence-electron chi connectivity index (χ1n) is 9.01. The van der Waals surface area contributed by atoms with Crippen LogP contribution in [0, 0.1) is 5.82 Å². The van der Waals surface area contributed by atoms with E-state index < -0.39 is 11.7 Å². The molecule has 6 nitrogen and oxygen atoms in total. The lowest BCUT2D eigenvalue weighted by Crippen LogP contribution is -2.15. The molecule has 0 radical (unpaired) electrons. The van der Waals surface area contributed by atoms with Crippen LogP contribution < -0.4 is 11.1 Å². The van der Waals surface area contributed by atoms with E-state index in [-0.39, 0.29) is 30.5 Å². The predicted molar refractivity (Wildman–Crippen MR) is 116 cm³/mol. The Balaban J connectivity index is 0.00000150. The number of amides is 1. The molecule has 9 heteroatoms. The summed E-state index contributed by atoms with van der Waals surface area (Å²) in [5, 5.41) is 11.2. The van der Waals surface area contributed by atoms with E-state index in [0.717, 1.165) is 38.1 Å². The van der Waals surface area contributed by atoms with E-state index in [4.69, 9.17) is 5.73 Å². The minimum absolute atomic E-state index is 0. The van der Waals surface area contributed by atoms with Crippen molar-refractivity contribution >= 4 is 42.1 Å². The molecule has 0 aliphatic carbocycles. The van der Waals surface area contributed by atoms with Gasteiger partial charge in [0.2, 0.25) is 0 Å². The monoisotopic (exact) mass is 437 g/mol. The Bertz CT molecular complexity index is 1010. The number of halogens is 3. The average molecular weight is 438 g/mol. The quantitative estimate of drug-likeness (QED) is 0.590. The number of nitrogens with two attached hydrogens (primary N) is 1. The summed E-state index contributed by atoms with van der Waals surface area (Å²) in [7, 11) is 0. The predicted octanol–water partition coefficient (Wildman–Crippen LogP) is 4.49. The van der Waals surface area contributed by atoms with Crippen LogP contribution >= 0.6 is 24.8 Å². The number of nitrogens with zero attached hydrogens (tertiary/aromatic N) is 3. The highest BCUT2D eigenvalue weighted by molar-refractivity contribution is 6.07. The highest BCUT2D eigenvalue weighted by atomic mass is 35.5. The highest BCUT2D eigenvalue weighted by Crippen LogP contribution is 2.27. The molecule has 1 aromatic heterocycles. The van der Waals surface area contributed by atoms with Gasteiger partial charge >= 0.3 is 0 Å². The Labute approximate surface area is 180 Å². The van der Waals surface area contributed by atoms with Crippen molar-refractivity contribution < 1.29 is 9.18 Å². The maximum absolute atomic E-state index is 14.3. The number of benzene rings is 2. The highest BCUT2D eigenvalue weighted by Gasteiger charge is 2.18. The number of anilines is 2. The van der Waals surface area contributed by atoms with E-state index in [1.165, 1.54) is 6.07 Å². The summed E-state index contributed by atoms with van der Waals surface area (Å²) in [4.78, 5) is 12.5. The van der Waals surface area contributed by atoms with E-state index in [2.05, 4.69) is 20.1 Å². The summed E-state index contributed by atoms with van der Waals surface area (Å²) in [5.74, 6) is 0.678. The number of carbonyl (C=O) groups is 1. The molecule has 2 aromatic carbocycles. The van der Waals surface area contributed by atoms with Gasteiger partial charge in [-0.05, 0) is 43.2 Å². The van der Waals surface area contributed by atoms with Gasteiger partial charge < -0.3 is 15.6 Å². The Morgan fingerprint density at radius 3 is 2.66 bits per heavy atom. The normalized spacial score (nSPS) is 12.7. The average Bonchev–Trinajstić information content (AvgIpc) is 2.92. The second kappa shape index (κ2) is 9.71. The molecule has 0 fully saturated rings. The maximum atomic E-state index is 14.3. The van der Waals surface area contributed by atoms with Crippen molar-refractivity contribution in [1.82, 2.24) is 14.8 Å². The molecular formula is C20H22Cl2FN5O. The van der Waals surface area contributed by atoms with E-state index in [9.17, 15) is 9.18 Å². The fourth-order valence-corrected chi connectivity index (χ4v) is 3.35. The summed E-state index contributed by atoms with van der Waals surface area (Å²) < 4.78 is 16.4. The Hall–Kier alpha value is -2.64. The summed E-state index contributed by atoms with van der Waals surface area (Å²) in [6.07, 6.45) is 4.22. The third-order valence-electron chi connectivity index (χ3n) is 4.79. The first-order chi connectivity index (χ1) is 13.1. The van der Waals surface area contributed by atoms with Crippen molar-refractivity contribution in [2.45, 2.75) is 32.2 Å². The Morgan fingerprint density at radius 1 is 1.07 bits per heavy atom. The fourth-order valence-electron chi connectivity index (χ4n) is 3.35. The number of carbonyl (C=O) groups excluding carboxylic acids is 1. The van der Waals surface area contributed by atoms with E-state index in [0.29, 0.717) is 22.6 Å². The van der Waals surface area contributed by atoms with E-state index in [1.54, 1.807) is 36.4 Å². The van der Waals surface area contributed by atoms with Crippen LogP contribution in [0.3, 0.4) is 0 Å². The zero-order valence-corrected chi connectivity index (χ0v) is 17.2. The molecule has 3 aromatic rings. The molecule has 4 rings (SSSR count).